The molecule has 1 unspecified atom stereocenters. The number of nitrogens with zero attached hydrogens (tertiary/aromatic N) is 1. The Morgan fingerprint density at radius 3 is 2.37 bits per heavy atom. The second-order valence-electron chi connectivity index (χ2n) is 10.7. The minimum atomic E-state index is -1.31. The van der Waals surface area contributed by atoms with Crippen LogP contribution in [-0.4, -0.2) is 66.8 Å². The van der Waals surface area contributed by atoms with Crippen molar-refractivity contribution in [3.63, 3.8) is 0 Å². The number of Topliss-reactive ketones (excluding diaryl/α,β-unsaturated/α-hetero) is 1. The molecule has 0 aliphatic carbocycles. The number of para-hydroxylation sites is 1. The van der Waals surface area contributed by atoms with E-state index in [4.69, 9.17) is 25.8 Å². The van der Waals surface area contributed by atoms with Crippen molar-refractivity contribution in [3.8, 4) is 11.5 Å². The zero-order chi connectivity index (χ0) is 29.9. The second-order valence-corrected chi connectivity index (χ2v) is 11.2. The molecular formula is C31H34ClNO8. The standard InChI is InChI=1S/C31H34ClNO8/c1-31(2,17-34)16-33-23-12-11-20(32)14-22(23)27(21-9-6-10-25(39-3)28(21)40-4)41-26(29(33)36)15-24(35)18-7-5-8-19(13-18)30(37)38/h5-14,26-27,29,34,36H,15-17H2,1-4H3,(H,37,38)/t26-,27-,29?/m1/s1. The number of halogens is 1. The Morgan fingerprint density at radius 2 is 1.71 bits per heavy atom. The maximum Gasteiger partial charge on any atom is 0.335 e. The lowest BCUT2D eigenvalue weighted by Gasteiger charge is -2.38. The number of methoxy groups -OCH3 is 2. The number of rotatable bonds is 10. The number of hydrogen-bond donors (Lipinski definition) is 3. The quantitative estimate of drug-likeness (QED) is 0.284. The molecule has 3 atom stereocenters. The SMILES string of the molecule is COc1cccc([C@H]2O[C@H](CC(=O)c3cccc(C(=O)O)c3)C(O)N(CC(C)(C)CO)c3ccc(Cl)cc32)c1OC. The van der Waals surface area contributed by atoms with E-state index in [-0.39, 0.29) is 30.7 Å². The van der Waals surface area contributed by atoms with E-state index in [1.165, 1.54) is 38.5 Å². The van der Waals surface area contributed by atoms with E-state index in [9.17, 15) is 24.9 Å². The van der Waals surface area contributed by atoms with Crippen molar-refractivity contribution >= 4 is 29.0 Å². The summed E-state index contributed by atoms with van der Waals surface area (Å²) in [5.41, 5.74) is 1.36. The lowest BCUT2D eigenvalue weighted by molar-refractivity contribution is -0.0613. The summed E-state index contributed by atoms with van der Waals surface area (Å²) in [6.07, 6.45) is -3.48. The third kappa shape index (κ3) is 6.49. The summed E-state index contributed by atoms with van der Waals surface area (Å²) in [4.78, 5) is 26.7. The molecule has 0 saturated carbocycles. The van der Waals surface area contributed by atoms with Crippen molar-refractivity contribution in [3.05, 3.63) is 87.9 Å². The first-order valence-electron chi connectivity index (χ1n) is 13.1. The highest BCUT2D eigenvalue weighted by Crippen LogP contribution is 2.46. The van der Waals surface area contributed by atoms with Gasteiger partial charge >= 0.3 is 5.97 Å². The van der Waals surface area contributed by atoms with Crippen molar-refractivity contribution in [2.75, 3.05) is 32.3 Å². The molecule has 0 spiro atoms. The van der Waals surface area contributed by atoms with Crippen molar-refractivity contribution in [2.24, 2.45) is 5.41 Å². The fourth-order valence-corrected chi connectivity index (χ4v) is 5.17. The highest BCUT2D eigenvalue weighted by atomic mass is 35.5. The highest BCUT2D eigenvalue weighted by molar-refractivity contribution is 6.30. The number of benzene rings is 3. The average molecular weight is 584 g/mol. The lowest BCUT2D eigenvalue weighted by Crippen LogP contribution is -2.49. The predicted octanol–water partition coefficient (Wildman–Crippen LogP) is 4.96. The summed E-state index contributed by atoms with van der Waals surface area (Å²) in [6, 6.07) is 16.3. The number of carboxylic acids is 1. The van der Waals surface area contributed by atoms with Gasteiger partial charge in [0.15, 0.2) is 23.5 Å². The van der Waals surface area contributed by atoms with Gasteiger partial charge in [0.05, 0.1) is 19.8 Å². The molecule has 4 rings (SSSR count). The summed E-state index contributed by atoms with van der Waals surface area (Å²) in [6.45, 7) is 3.80. The van der Waals surface area contributed by atoms with Crippen molar-refractivity contribution in [1.82, 2.24) is 0 Å². The molecule has 0 bridgehead atoms. The summed E-state index contributed by atoms with van der Waals surface area (Å²) < 4.78 is 17.8. The number of carbonyl (C=O) groups excluding carboxylic acids is 1. The minimum Gasteiger partial charge on any atom is -0.493 e. The fraction of sp³-hybridized carbons (Fsp3) is 0.355. The van der Waals surface area contributed by atoms with E-state index in [1.54, 1.807) is 35.2 Å². The van der Waals surface area contributed by atoms with Gasteiger partial charge in [-0.1, -0.05) is 49.7 Å². The zero-order valence-corrected chi connectivity index (χ0v) is 24.1. The molecule has 0 saturated heterocycles. The van der Waals surface area contributed by atoms with Gasteiger partial charge in [-0.3, -0.25) is 4.79 Å². The maximum absolute atomic E-state index is 13.5. The van der Waals surface area contributed by atoms with Gasteiger partial charge in [0.1, 0.15) is 12.2 Å². The molecule has 1 aliphatic heterocycles. The number of aliphatic hydroxyl groups is 2. The molecule has 10 heteroatoms. The molecule has 1 heterocycles. The molecule has 1 aliphatic rings. The third-order valence-electron chi connectivity index (χ3n) is 7.10. The fourth-order valence-electron chi connectivity index (χ4n) is 4.99. The van der Waals surface area contributed by atoms with Gasteiger partial charge in [-0.2, -0.15) is 0 Å². The number of carbonyl (C=O) groups is 2. The van der Waals surface area contributed by atoms with Crippen LogP contribution in [0.2, 0.25) is 5.02 Å². The van der Waals surface area contributed by atoms with Gasteiger partial charge in [0, 0.05) is 52.4 Å². The van der Waals surface area contributed by atoms with Crippen molar-refractivity contribution in [2.45, 2.75) is 38.7 Å². The van der Waals surface area contributed by atoms with Gasteiger partial charge in [0.25, 0.3) is 0 Å². The first kappa shape index (κ1) is 30.3. The Kier molecular flexibility index (Phi) is 9.24. The first-order valence-corrected chi connectivity index (χ1v) is 13.5. The van der Waals surface area contributed by atoms with Crippen LogP contribution in [0.15, 0.2) is 60.7 Å². The van der Waals surface area contributed by atoms with E-state index < -0.39 is 35.6 Å². The Labute approximate surface area is 243 Å². The molecule has 0 fully saturated rings. The number of anilines is 1. The molecule has 41 heavy (non-hydrogen) atoms. The van der Waals surface area contributed by atoms with E-state index in [1.807, 2.05) is 19.9 Å². The van der Waals surface area contributed by atoms with Crippen molar-refractivity contribution < 1.29 is 39.1 Å². The topological polar surface area (TPSA) is 126 Å². The third-order valence-corrected chi connectivity index (χ3v) is 7.34. The first-order chi connectivity index (χ1) is 19.5. The highest BCUT2D eigenvalue weighted by Gasteiger charge is 2.40. The van der Waals surface area contributed by atoms with Crippen LogP contribution < -0.4 is 14.4 Å². The Balaban J connectivity index is 1.87. The number of hydrogen-bond acceptors (Lipinski definition) is 8. The van der Waals surface area contributed by atoms with E-state index in [0.717, 1.165) is 0 Å². The summed E-state index contributed by atoms with van der Waals surface area (Å²) in [7, 11) is 3.04. The number of fused-ring (bicyclic) bond motifs is 1. The molecule has 0 aromatic heterocycles. The molecule has 3 aromatic carbocycles. The van der Waals surface area contributed by atoms with Gasteiger partial charge in [-0.25, -0.2) is 4.79 Å². The number of aliphatic hydroxyl groups excluding tert-OH is 2. The normalized spacial score (nSPS) is 18.8. The van der Waals surface area contributed by atoms with Crippen LogP contribution >= 0.6 is 11.6 Å². The molecular weight excluding hydrogens is 550 g/mol. The van der Waals surface area contributed by atoms with Crippen LogP contribution in [0.3, 0.4) is 0 Å². The predicted molar refractivity (Wildman–Crippen MR) is 154 cm³/mol. The molecule has 3 aromatic rings. The Bertz CT molecular complexity index is 1420. The van der Waals surface area contributed by atoms with Gasteiger partial charge in [-0.15, -0.1) is 0 Å². The molecule has 3 N–H and O–H groups in total. The van der Waals surface area contributed by atoms with Crippen LogP contribution in [0.1, 0.15) is 58.2 Å². The largest absolute Gasteiger partial charge is 0.493 e. The average Bonchev–Trinajstić information content (AvgIpc) is 3.06. The summed E-state index contributed by atoms with van der Waals surface area (Å²) >= 11 is 6.47. The summed E-state index contributed by atoms with van der Waals surface area (Å²) in [5, 5.41) is 31.7. The van der Waals surface area contributed by atoms with Crippen LogP contribution in [0.4, 0.5) is 5.69 Å². The van der Waals surface area contributed by atoms with Crippen molar-refractivity contribution in [1.29, 1.82) is 0 Å². The molecule has 0 radical (unpaired) electrons. The number of aromatic carboxylic acids is 1. The minimum absolute atomic E-state index is 0.0226. The molecule has 0 amide bonds. The van der Waals surface area contributed by atoms with E-state index in [2.05, 4.69) is 0 Å². The maximum atomic E-state index is 13.5. The molecule has 218 valence electrons. The number of ether oxygens (including phenoxy) is 3. The van der Waals surface area contributed by atoms with E-state index >= 15 is 0 Å². The Hall–Kier alpha value is -3.63. The van der Waals surface area contributed by atoms with Crippen LogP contribution in [-0.2, 0) is 4.74 Å². The van der Waals surface area contributed by atoms with Gasteiger partial charge in [-0.05, 0) is 36.4 Å². The van der Waals surface area contributed by atoms with E-state index in [0.29, 0.717) is 33.3 Å². The van der Waals surface area contributed by atoms with Crippen LogP contribution in [0.5, 0.6) is 11.5 Å². The monoisotopic (exact) mass is 583 g/mol. The lowest BCUT2D eigenvalue weighted by atomic mass is 9.92. The molecule has 9 nitrogen and oxygen atoms in total. The summed E-state index contributed by atoms with van der Waals surface area (Å²) in [5.74, 6) is -0.665. The Morgan fingerprint density at radius 1 is 1.00 bits per heavy atom. The smallest absolute Gasteiger partial charge is 0.335 e. The zero-order valence-electron chi connectivity index (χ0n) is 23.3. The van der Waals surface area contributed by atoms with Crippen LogP contribution in [0.25, 0.3) is 0 Å². The second kappa shape index (κ2) is 12.5. The number of ketones is 1. The van der Waals surface area contributed by atoms with Crippen LogP contribution in [0, 0.1) is 5.41 Å². The van der Waals surface area contributed by atoms with Gasteiger partial charge in [0.2, 0.25) is 0 Å². The number of carboxylic acid groups (broad SMARTS) is 1. The van der Waals surface area contributed by atoms with Gasteiger partial charge < -0.3 is 34.4 Å².